The van der Waals surface area contributed by atoms with Crippen molar-refractivity contribution in [2.24, 2.45) is 5.84 Å². The van der Waals surface area contributed by atoms with Gasteiger partial charge in [0.1, 0.15) is 0 Å². The van der Waals surface area contributed by atoms with Gasteiger partial charge < -0.3 is 16.1 Å². The summed E-state index contributed by atoms with van der Waals surface area (Å²) in [5, 5.41) is 1.09. The number of fused-ring (bicyclic) bond motifs is 1. The van der Waals surface area contributed by atoms with Crippen LogP contribution in [0.5, 0.6) is 0 Å². The average molecular weight is 162 g/mol. The predicted molar refractivity (Wildman–Crippen MR) is 50.5 cm³/mol. The minimum absolute atomic E-state index is 0.646. The van der Waals surface area contributed by atoms with Crippen molar-refractivity contribution in [3.8, 4) is 0 Å². The number of hydrogen-bond acceptors (Lipinski definition) is 3. The quantitative estimate of drug-likeness (QED) is 0.287. The van der Waals surface area contributed by atoms with E-state index in [1.807, 2.05) is 24.4 Å². The Morgan fingerprint density at radius 3 is 2.92 bits per heavy atom. The second-order valence-electron chi connectivity index (χ2n) is 2.65. The Hall–Kier alpha value is -1.68. The van der Waals surface area contributed by atoms with Gasteiger partial charge in [-0.05, 0) is 18.2 Å². The molecule has 0 fully saturated rings. The van der Waals surface area contributed by atoms with Gasteiger partial charge in [-0.1, -0.05) is 0 Å². The molecule has 2 rings (SSSR count). The standard InChI is InChI=1S/C8H10N4/c9-6-4-7-5(1-2-11-7)3-8(6)12-10/h1-4,11-12H,9-10H2. The first-order valence-corrected chi connectivity index (χ1v) is 3.64. The number of aromatic nitrogens is 1. The Balaban J connectivity index is 2.73. The van der Waals surface area contributed by atoms with Crippen LogP contribution in [0.1, 0.15) is 0 Å². The minimum Gasteiger partial charge on any atom is -0.397 e. The molecule has 0 spiro atoms. The third-order valence-electron chi connectivity index (χ3n) is 1.88. The molecule has 0 amide bonds. The van der Waals surface area contributed by atoms with Crippen LogP contribution in [0.15, 0.2) is 24.4 Å². The summed E-state index contributed by atoms with van der Waals surface area (Å²) in [7, 11) is 0. The molecule has 0 unspecified atom stereocenters. The van der Waals surface area contributed by atoms with E-state index in [-0.39, 0.29) is 0 Å². The van der Waals surface area contributed by atoms with E-state index in [0.717, 1.165) is 16.6 Å². The molecule has 1 heterocycles. The molecule has 12 heavy (non-hydrogen) atoms. The monoisotopic (exact) mass is 162 g/mol. The van der Waals surface area contributed by atoms with E-state index in [1.54, 1.807) is 0 Å². The van der Waals surface area contributed by atoms with Gasteiger partial charge >= 0.3 is 0 Å². The van der Waals surface area contributed by atoms with Crippen LogP contribution in [-0.2, 0) is 0 Å². The number of benzene rings is 1. The number of hydrogen-bond donors (Lipinski definition) is 4. The van der Waals surface area contributed by atoms with Gasteiger partial charge in [0.05, 0.1) is 11.4 Å². The zero-order valence-corrected chi connectivity index (χ0v) is 6.46. The molecule has 4 nitrogen and oxygen atoms in total. The highest BCUT2D eigenvalue weighted by atomic mass is 15.2. The van der Waals surface area contributed by atoms with Crippen molar-refractivity contribution < 1.29 is 0 Å². The van der Waals surface area contributed by atoms with Gasteiger partial charge in [-0.3, -0.25) is 5.84 Å². The molecular formula is C8H10N4. The fourth-order valence-electron chi connectivity index (χ4n) is 1.24. The van der Waals surface area contributed by atoms with Crippen molar-refractivity contribution in [1.29, 1.82) is 0 Å². The lowest BCUT2D eigenvalue weighted by molar-refractivity contribution is 1.36. The fourth-order valence-corrected chi connectivity index (χ4v) is 1.24. The molecule has 1 aromatic carbocycles. The maximum absolute atomic E-state index is 5.69. The van der Waals surface area contributed by atoms with Gasteiger partial charge in [-0.15, -0.1) is 0 Å². The van der Waals surface area contributed by atoms with Crippen LogP contribution in [0.25, 0.3) is 10.9 Å². The number of nitrogens with one attached hydrogen (secondary N) is 2. The largest absolute Gasteiger partial charge is 0.397 e. The lowest BCUT2D eigenvalue weighted by atomic mass is 10.2. The highest BCUT2D eigenvalue weighted by Crippen LogP contribution is 2.23. The SMILES string of the molecule is NNc1cc2cc[nH]c2cc1N. The Morgan fingerprint density at radius 1 is 1.33 bits per heavy atom. The van der Waals surface area contributed by atoms with Crippen molar-refractivity contribution in [1.82, 2.24) is 4.98 Å². The number of hydrazine groups is 1. The molecule has 0 saturated carbocycles. The van der Waals surface area contributed by atoms with Gasteiger partial charge in [0.2, 0.25) is 0 Å². The molecule has 0 aliphatic rings. The molecular weight excluding hydrogens is 152 g/mol. The van der Waals surface area contributed by atoms with Crippen LogP contribution >= 0.6 is 0 Å². The van der Waals surface area contributed by atoms with Crippen molar-refractivity contribution in [2.75, 3.05) is 11.2 Å². The van der Waals surface area contributed by atoms with E-state index in [9.17, 15) is 0 Å². The van der Waals surface area contributed by atoms with Gasteiger partial charge in [0, 0.05) is 17.1 Å². The lowest BCUT2D eigenvalue weighted by Crippen LogP contribution is -2.08. The number of anilines is 2. The molecule has 0 radical (unpaired) electrons. The van der Waals surface area contributed by atoms with Crippen LogP contribution in [0.3, 0.4) is 0 Å². The van der Waals surface area contributed by atoms with E-state index in [2.05, 4.69) is 10.4 Å². The molecule has 0 aliphatic carbocycles. The third kappa shape index (κ3) is 0.895. The van der Waals surface area contributed by atoms with E-state index >= 15 is 0 Å². The number of nitrogens with two attached hydrogens (primary N) is 2. The first kappa shape index (κ1) is 7.00. The fraction of sp³-hybridized carbons (Fsp3) is 0. The van der Waals surface area contributed by atoms with Crippen molar-refractivity contribution in [3.05, 3.63) is 24.4 Å². The molecule has 0 atom stereocenters. The smallest absolute Gasteiger partial charge is 0.0723 e. The lowest BCUT2D eigenvalue weighted by Gasteiger charge is -2.03. The second kappa shape index (κ2) is 2.42. The van der Waals surface area contributed by atoms with Crippen molar-refractivity contribution in [2.45, 2.75) is 0 Å². The van der Waals surface area contributed by atoms with E-state index in [4.69, 9.17) is 11.6 Å². The van der Waals surface area contributed by atoms with Gasteiger partial charge in [-0.25, -0.2) is 0 Å². The maximum atomic E-state index is 5.69. The maximum Gasteiger partial charge on any atom is 0.0723 e. The van der Waals surface area contributed by atoms with Crippen LogP contribution < -0.4 is 17.0 Å². The zero-order valence-electron chi connectivity index (χ0n) is 6.46. The van der Waals surface area contributed by atoms with Crippen molar-refractivity contribution in [3.63, 3.8) is 0 Å². The predicted octanol–water partition coefficient (Wildman–Crippen LogP) is 1.04. The Bertz CT molecular complexity index is 404. The summed E-state index contributed by atoms with van der Waals surface area (Å²) >= 11 is 0. The Morgan fingerprint density at radius 2 is 2.17 bits per heavy atom. The second-order valence-corrected chi connectivity index (χ2v) is 2.65. The first-order chi connectivity index (χ1) is 5.81. The summed E-state index contributed by atoms with van der Waals surface area (Å²) in [5.74, 6) is 5.27. The molecule has 0 bridgehead atoms. The van der Waals surface area contributed by atoms with E-state index in [0.29, 0.717) is 5.69 Å². The van der Waals surface area contributed by atoms with E-state index in [1.165, 1.54) is 0 Å². The molecule has 4 heteroatoms. The molecule has 2 aromatic rings. The normalized spacial score (nSPS) is 10.4. The molecule has 1 aromatic heterocycles. The molecule has 62 valence electrons. The summed E-state index contributed by atoms with van der Waals surface area (Å²) in [6, 6.07) is 5.72. The number of aromatic amines is 1. The van der Waals surface area contributed by atoms with Crippen LogP contribution in [-0.4, -0.2) is 4.98 Å². The topological polar surface area (TPSA) is 79.9 Å². The summed E-state index contributed by atoms with van der Waals surface area (Å²) in [6.07, 6.45) is 1.87. The summed E-state index contributed by atoms with van der Waals surface area (Å²) in [6.45, 7) is 0. The van der Waals surface area contributed by atoms with Crippen molar-refractivity contribution >= 4 is 22.3 Å². The van der Waals surface area contributed by atoms with Crippen LogP contribution in [0, 0.1) is 0 Å². The van der Waals surface area contributed by atoms with Gasteiger partial charge in [0.15, 0.2) is 0 Å². The van der Waals surface area contributed by atoms with Crippen LogP contribution in [0.2, 0.25) is 0 Å². The number of H-pyrrole nitrogens is 1. The summed E-state index contributed by atoms with van der Waals surface area (Å²) in [4.78, 5) is 3.06. The van der Waals surface area contributed by atoms with Gasteiger partial charge in [0.25, 0.3) is 0 Å². The van der Waals surface area contributed by atoms with Crippen LogP contribution in [0.4, 0.5) is 11.4 Å². The minimum atomic E-state index is 0.646. The Kier molecular flexibility index (Phi) is 1.41. The molecule has 0 aliphatic heterocycles. The third-order valence-corrected chi connectivity index (χ3v) is 1.88. The summed E-state index contributed by atoms with van der Waals surface area (Å²) in [5.41, 5.74) is 10.6. The number of rotatable bonds is 1. The first-order valence-electron chi connectivity index (χ1n) is 3.64. The van der Waals surface area contributed by atoms with E-state index < -0.39 is 0 Å². The molecule has 6 N–H and O–H groups in total. The number of nitrogen functional groups attached to an aromatic ring is 2. The molecule has 0 saturated heterocycles. The van der Waals surface area contributed by atoms with Gasteiger partial charge in [-0.2, -0.15) is 0 Å². The average Bonchev–Trinajstić information content (AvgIpc) is 2.49. The highest BCUT2D eigenvalue weighted by Gasteiger charge is 2.00. The zero-order chi connectivity index (χ0) is 8.55. The summed E-state index contributed by atoms with van der Waals surface area (Å²) < 4.78 is 0. The highest BCUT2D eigenvalue weighted by molar-refractivity contribution is 5.89. The Labute approximate surface area is 69.5 Å².